The molecule has 154 valence electrons. The third-order valence-electron chi connectivity index (χ3n) is 4.80. The van der Waals surface area contributed by atoms with Gasteiger partial charge in [-0.1, -0.05) is 12.1 Å². The minimum atomic E-state index is -0.725. The van der Waals surface area contributed by atoms with E-state index in [1.54, 1.807) is 35.0 Å². The van der Waals surface area contributed by atoms with E-state index in [1.165, 1.54) is 18.2 Å². The molecule has 1 amide bonds. The van der Waals surface area contributed by atoms with Crippen LogP contribution in [0.3, 0.4) is 0 Å². The molecule has 1 aliphatic rings. The van der Waals surface area contributed by atoms with Crippen LogP contribution in [0.4, 0.5) is 8.78 Å². The van der Waals surface area contributed by atoms with Gasteiger partial charge in [0.05, 0.1) is 12.2 Å². The Morgan fingerprint density at radius 1 is 1.17 bits per heavy atom. The predicted octanol–water partition coefficient (Wildman–Crippen LogP) is 2.33. The number of aliphatic hydroxyl groups excluding tert-OH is 1. The van der Waals surface area contributed by atoms with Gasteiger partial charge in [-0.2, -0.15) is 0 Å². The van der Waals surface area contributed by atoms with Crippen molar-refractivity contribution in [1.29, 1.82) is 0 Å². The molecule has 0 saturated heterocycles. The number of hydrogen-bond acceptors (Lipinski definition) is 4. The molecule has 0 saturated carbocycles. The van der Waals surface area contributed by atoms with E-state index in [2.05, 4.69) is 4.99 Å². The highest BCUT2D eigenvalue weighted by Gasteiger charge is 2.27. The Hall–Kier alpha value is -3.52. The Labute approximate surface area is 170 Å². The first kappa shape index (κ1) is 19.8. The summed E-state index contributed by atoms with van der Waals surface area (Å²) in [5, 5.41) is 22.4. The minimum Gasteiger partial charge on any atom is -0.858 e. The molecule has 4 rings (SSSR count). The molecule has 1 N–H and O–H groups in total. The number of ether oxygens (including phenoxy) is 1. The molecule has 0 spiro atoms. The van der Waals surface area contributed by atoms with E-state index >= 15 is 0 Å². The maximum absolute atomic E-state index is 14.0. The van der Waals surface area contributed by atoms with E-state index in [0.717, 1.165) is 0 Å². The van der Waals surface area contributed by atoms with Crippen molar-refractivity contribution in [3.63, 3.8) is 0 Å². The summed E-state index contributed by atoms with van der Waals surface area (Å²) in [5.41, 5.74) is 1.47. The molecule has 2 heterocycles. The van der Waals surface area contributed by atoms with Gasteiger partial charge in [0.2, 0.25) is 0 Å². The minimum absolute atomic E-state index is 0.0509. The fourth-order valence-electron chi connectivity index (χ4n) is 3.59. The average Bonchev–Trinajstić information content (AvgIpc) is 3.22. The van der Waals surface area contributed by atoms with Crippen molar-refractivity contribution in [1.82, 2.24) is 4.57 Å². The van der Waals surface area contributed by atoms with Crippen LogP contribution in [0, 0.1) is 5.82 Å². The molecule has 3 aromatic rings. The number of fused-ring (bicyclic) bond motifs is 1. The Morgan fingerprint density at radius 2 is 2.00 bits per heavy atom. The number of carbonyl (C=O) groups excluding carboxylic acids is 1. The lowest BCUT2D eigenvalue weighted by Crippen LogP contribution is -2.17. The number of aromatic nitrogens is 1. The number of aliphatic imine (C=N–C) groups is 1. The van der Waals surface area contributed by atoms with Gasteiger partial charge in [-0.05, 0) is 35.9 Å². The molecule has 8 heteroatoms. The number of hydrogen-bond donors (Lipinski definition) is 1. The lowest BCUT2D eigenvalue weighted by molar-refractivity contribution is -0.210. The molecule has 2 aromatic carbocycles. The Morgan fingerprint density at radius 3 is 2.77 bits per heavy atom. The number of rotatable bonds is 7. The van der Waals surface area contributed by atoms with Gasteiger partial charge in [0, 0.05) is 40.7 Å². The highest BCUT2D eigenvalue weighted by atomic mass is 19.1. The van der Waals surface area contributed by atoms with E-state index in [-0.39, 0.29) is 30.9 Å². The van der Waals surface area contributed by atoms with Gasteiger partial charge in [-0.3, -0.25) is 4.79 Å². The third-order valence-corrected chi connectivity index (χ3v) is 4.80. The van der Waals surface area contributed by atoms with Crippen molar-refractivity contribution >= 4 is 33.9 Å². The van der Waals surface area contributed by atoms with Crippen LogP contribution in [-0.2, 0) is 11.3 Å². The standard InChI is InChI=1S/C22H18F2N2O4/c23-6-9-30-15-3-1-2-13(10-15)19-20(22(29)25-21(19)28)17-12-26(7-8-27)18-5-4-14(24)11-16(17)18/h1-5,10-12,27H,6-9H2,(H,25,28,29)/p-1. The Bertz CT molecular complexity index is 1200. The van der Waals surface area contributed by atoms with Crippen molar-refractivity contribution in [2.24, 2.45) is 4.99 Å². The van der Waals surface area contributed by atoms with Crippen LogP contribution in [-0.4, -0.2) is 41.4 Å². The zero-order chi connectivity index (χ0) is 21.3. The van der Waals surface area contributed by atoms with Crippen LogP contribution in [0.15, 0.2) is 53.7 Å². The normalized spacial score (nSPS) is 14.0. The van der Waals surface area contributed by atoms with Crippen molar-refractivity contribution < 1.29 is 28.5 Å². The number of benzene rings is 2. The Kier molecular flexibility index (Phi) is 5.33. The van der Waals surface area contributed by atoms with Gasteiger partial charge < -0.3 is 19.5 Å². The van der Waals surface area contributed by atoms with Gasteiger partial charge in [0.1, 0.15) is 24.8 Å². The topological polar surface area (TPSA) is 86.9 Å². The maximum Gasteiger partial charge on any atom is 0.277 e. The van der Waals surface area contributed by atoms with Crippen molar-refractivity contribution in [3.8, 4) is 5.75 Å². The Balaban J connectivity index is 1.93. The predicted molar refractivity (Wildman–Crippen MR) is 106 cm³/mol. The molecule has 6 nitrogen and oxygen atoms in total. The summed E-state index contributed by atoms with van der Waals surface area (Å²) in [7, 11) is 0. The lowest BCUT2D eigenvalue weighted by atomic mass is 9.95. The van der Waals surface area contributed by atoms with Crippen LogP contribution in [0.5, 0.6) is 5.75 Å². The first-order valence-corrected chi connectivity index (χ1v) is 9.27. The van der Waals surface area contributed by atoms with E-state index in [4.69, 9.17) is 4.74 Å². The van der Waals surface area contributed by atoms with Crippen LogP contribution >= 0.6 is 0 Å². The summed E-state index contributed by atoms with van der Waals surface area (Å²) in [4.78, 5) is 16.1. The maximum atomic E-state index is 14.0. The third kappa shape index (κ3) is 3.46. The van der Waals surface area contributed by atoms with E-state index < -0.39 is 24.3 Å². The quantitative estimate of drug-likeness (QED) is 0.647. The molecule has 30 heavy (non-hydrogen) atoms. The summed E-state index contributed by atoms with van der Waals surface area (Å²) >= 11 is 0. The lowest BCUT2D eigenvalue weighted by Gasteiger charge is -2.12. The molecule has 1 aliphatic heterocycles. The summed E-state index contributed by atoms with van der Waals surface area (Å²) in [6.07, 6.45) is 1.60. The summed E-state index contributed by atoms with van der Waals surface area (Å²) in [6, 6.07) is 10.5. The van der Waals surface area contributed by atoms with Gasteiger partial charge >= 0.3 is 0 Å². The first-order chi connectivity index (χ1) is 14.5. The second-order valence-electron chi connectivity index (χ2n) is 6.66. The molecule has 0 radical (unpaired) electrons. The molecular weight excluding hydrogens is 394 g/mol. The van der Waals surface area contributed by atoms with Crippen LogP contribution in [0.2, 0.25) is 0 Å². The number of halogens is 2. The smallest absolute Gasteiger partial charge is 0.277 e. The molecule has 0 atom stereocenters. The monoisotopic (exact) mass is 411 g/mol. The van der Waals surface area contributed by atoms with E-state index in [9.17, 15) is 23.8 Å². The first-order valence-electron chi connectivity index (χ1n) is 9.27. The number of amides is 1. The molecule has 1 aromatic heterocycles. The molecule has 0 fully saturated rings. The van der Waals surface area contributed by atoms with Crippen molar-refractivity contribution in [2.75, 3.05) is 19.9 Å². The van der Waals surface area contributed by atoms with Gasteiger partial charge in [-0.25, -0.2) is 13.8 Å². The number of carbonyl (C=O) groups is 1. The van der Waals surface area contributed by atoms with E-state index in [0.29, 0.717) is 27.8 Å². The highest BCUT2D eigenvalue weighted by molar-refractivity contribution is 6.47. The molecule has 0 aliphatic carbocycles. The number of alkyl halides is 1. The van der Waals surface area contributed by atoms with Crippen LogP contribution in [0.1, 0.15) is 11.1 Å². The molecule has 0 bridgehead atoms. The van der Waals surface area contributed by atoms with Gasteiger partial charge in [0.15, 0.2) is 0 Å². The van der Waals surface area contributed by atoms with Crippen molar-refractivity contribution in [2.45, 2.75) is 6.54 Å². The highest BCUT2D eigenvalue weighted by Crippen LogP contribution is 2.37. The average molecular weight is 411 g/mol. The molecule has 0 unspecified atom stereocenters. The second kappa shape index (κ2) is 8.08. The van der Waals surface area contributed by atoms with Gasteiger partial charge in [-0.15, -0.1) is 0 Å². The van der Waals surface area contributed by atoms with Crippen molar-refractivity contribution in [3.05, 3.63) is 65.6 Å². The second-order valence-corrected chi connectivity index (χ2v) is 6.66. The SMILES string of the molecule is O=C1N=C([O-])C(c2cn(CCO)c3ccc(F)cc23)=C1c1cccc(OCCF)c1. The fraction of sp³-hybridized carbons (Fsp3) is 0.182. The zero-order valence-electron chi connectivity index (χ0n) is 15.8. The van der Waals surface area contributed by atoms with E-state index in [1.807, 2.05) is 0 Å². The summed E-state index contributed by atoms with van der Waals surface area (Å²) in [5.74, 6) is -1.59. The number of aliphatic hydroxyl groups is 1. The summed E-state index contributed by atoms with van der Waals surface area (Å²) < 4.78 is 33.4. The van der Waals surface area contributed by atoms with Crippen LogP contribution in [0.25, 0.3) is 22.0 Å². The largest absolute Gasteiger partial charge is 0.858 e. The zero-order valence-corrected chi connectivity index (χ0v) is 15.8. The molecular formula is C22H17F2N2O4-. The van der Waals surface area contributed by atoms with Gasteiger partial charge in [0.25, 0.3) is 5.91 Å². The summed E-state index contributed by atoms with van der Waals surface area (Å²) in [6.45, 7) is -0.727. The number of nitrogens with zero attached hydrogens (tertiary/aromatic N) is 2. The fourth-order valence-corrected chi connectivity index (χ4v) is 3.59. The van der Waals surface area contributed by atoms with Crippen LogP contribution < -0.4 is 9.84 Å².